The first kappa shape index (κ1) is 21.1. The Balaban J connectivity index is 1.71. The highest BCUT2D eigenvalue weighted by atomic mass is 32.2. The van der Waals surface area contributed by atoms with Crippen LogP contribution < -0.4 is 9.50 Å². The lowest BCUT2D eigenvalue weighted by Gasteiger charge is -2.26. The van der Waals surface area contributed by atoms with Gasteiger partial charge in [-0.2, -0.15) is 8.42 Å². The van der Waals surface area contributed by atoms with Crippen LogP contribution in [0.25, 0.3) is 0 Å². The number of rotatable bonds is 7. The number of nitrogens with zero attached hydrogens (tertiary/aromatic N) is 1. The monoisotopic (exact) mass is 422 g/mol. The number of benzene rings is 2. The third-order valence-electron chi connectivity index (χ3n) is 4.36. The third kappa shape index (κ3) is 6.72. The summed E-state index contributed by atoms with van der Waals surface area (Å²) < 4.78 is 46.3. The first-order valence-corrected chi connectivity index (χ1v) is 11.0. The predicted octanol–water partition coefficient (Wildman–Crippen LogP) is 3.38. The number of hydrogen-bond acceptors (Lipinski definition) is 5. The number of anilines is 1. The third-order valence-corrected chi connectivity index (χ3v) is 4.85. The molecule has 9 heteroatoms. The Morgan fingerprint density at radius 3 is 2.66 bits per heavy atom. The molecule has 29 heavy (non-hydrogen) atoms. The molecule has 1 aliphatic rings. The van der Waals surface area contributed by atoms with Gasteiger partial charge in [0.25, 0.3) is 0 Å². The number of amides is 2. The van der Waals surface area contributed by atoms with E-state index in [4.69, 9.17) is 8.92 Å². The van der Waals surface area contributed by atoms with E-state index in [0.29, 0.717) is 18.8 Å². The molecular formula is C20H23FN2O5S. The molecule has 1 fully saturated rings. The van der Waals surface area contributed by atoms with Gasteiger partial charge in [-0.15, -0.1) is 0 Å². The van der Waals surface area contributed by atoms with E-state index in [1.54, 1.807) is 23.1 Å². The van der Waals surface area contributed by atoms with Crippen molar-refractivity contribution in [1.29, 1.82) is 0 Å². The number of carbonyl (C=O) groups is 1. The van der Waals surface area contributed by atoms with E-state index in [1.807, 2.05) is 0 Å². The first-order chi connectivity index (χ1) is 13.8. The van der Waals surface area contributed by atoms with Crippen molar-refractivity contribution in [3.8, 4) is 5.75 Å². The molecule has 1 N–H and O–H groups in total. The maximum atomic E-state index is 13.4. The topological polar surface area (TPSA) is 84.9 Å². The molecule has 1 aliphatic heterocycles. The molecule has 0 aromatic heterocycles. The summed E-state index contributed by atoms with van der Waals surface area (Å²) in [6.07, 6.45) is 2.73. The summed E-state index contributed by atoms with van der Waals surface area (Å²) in [6.45, 7) is 1.34. The molecule has 0 spiro atoms. The molecule has 7 nitrogen and oxygen atoms in total. The maximum absolute atomic E-state index is 13.4. The minimum atomic E-state index is -3.60. The average Bonchev–Trinajstić information content (AvgIpc) is 3.14. The van der Waals surface area contributed by atoms with Gasteiger partial charge in [-0.1, -0.05) is 18.2 Å². The first-order valence-electron chi connectivity index (χ1n) is 9.20. The number of hydrogen-bond donors (Lipinski definition) is 1. The van der Waals surface area contributed by atoms with E-state index in [2.05, 4.69) is 5.32 Å². The molecule has 1 atom stereocenters. The summed E-state index contributed by atoms with van der Waals surface area (Å²) in [5, 5.41) is 2.71. The van der Waals surface area contributed by atoms with Crippen molar-refractivity contribution in [3.63, 3.8) is 0 Å². The zero-order valence-electron chi connectivity index (χ0n) is 16.0. The number of halogens is 1. The number of ether oxygens (including phenoxy) is 1. The molecule has 0 unspecified atom stereocenters. The Morgan fingerprint density at radius 1 is 1.28 bits per heavy atom. The summed E-state index contributed by atoms with van der Waals surface area (Å²) >= 11 is 0. The number of nitrogens with one attached hydrogen (secondary N) is 1. The lowest BCUT2D eigenvalue weighted by molar-refractivity contribution is 0.0819. The summed E-state index contributed by atoms with van der Waals surface area (Å²) in [5.74, 6) is -0.235. The fourth-order valence-corrected chi connectivity index (χ4v) is 3.53. The van der Waals surface area contributed by atoms with Gasteiger partial charge in [0, 0.05) is 25.4 Å². The van der Waals surface area contributed by atoms with Gasteiger partial charge in [0.15, 0.2) is 0 Å². The Morgan fingerprint density at radius 2 is 2.03 bits per heavy atom. The van der Waals surface area contributed by atoms with Crippen LogP contribution in [0.3, 0.4) is 0 Å². The van der Waals surface area contributed by atoms with E-state index in [-0.39, 0.29) is 24.4 Å². The largest absolute Gasteiger partial charge is 0.383 e. The van der Waals surface area contributed by atoms with E-state index in [1.165, 1.54) is 30.3 Å². The van der Waals surface area contributed by atoms with E-state index >= 15 is 0 Å². The maximum Gasteiger partial charge on any atom is 0.322 e. The summed E-state index contributed by atoms with van der Waals surface area (Å²) in [7, 11) is -3.60. The number of carbonyl (C=O) groups excluding carboxylic acids is 1. The zero-order valence-corrected chi connectivity index (χ0v) is 16.8. The second-order valence-corrected chi connectivity index (χ2v) is 8.46. The highest BCUT2D eigenvalue weighted by Gasteiger charge is 2.23. The normalized spacial score (nSPS) is 16.4. The van der Waals surface area contributed by atoms with E-state index < -0.39 is 15.9 Å². The van der Waals surface area contributed by atoms with Gasteiger partial charge in [-0.3, -0.25) is 0 Å². The highest BCUT2D eigenvalue weighted by molar-refractivity contribution is 7.86. The average molecular weight is 422 g/mol. The van der Waals surface area contributed by atoms with Gasteiger partial charge >= 0.3 is 16.1 Å². The van der Waals surface area contributed by atoms with Crippen molar-refractivity contribution in [1.82, 2.24) is 4.90 Å². The van der Waals surface area contributed by atoms with Gasteiger partial charge in [0.1, 0.15) is 11.6 Å². The van der Waals surface area contributed by atoms with Crippen LogP contribution in [0, 0.1) is 5.82 Å². The Hall–Kier alpha value is -2.65. The van der Waals surface area contributed by atoms with Crippen molar-refractivity contribution in [2.75, 3.05) is 24.7 Å². The van der Waals surface area contributed by atoms with E-state index in [0.717, 1.165) is 24.7 Å². The molecule has 0 radical (unpaired) electrons. The van der Waals surface area contributed by atoms with Crippen LogP contribution >= 0.6 is 0 Å². The van der Waals surface area contributed by atoms with Crippen molar-refractivity contribution in [2.24, 2.45) is 0 Å². The fourth-order valence-electron chi connectivity index (χ4n) is 3.07. The van der Waals surface area contributed by atoms with Gasteiger partial charge in [-0.25, -0.2) is 9.18 Å². The van der Waals surface area contributed by atoms with Gasteiger partial charge < -0.3 is 19.1 Å². The lowest BCUT2D eigenvalue weighted by Crippen LogP contribution is -2.39. The van der Waals surface area contributed by atoms with Crippen LogP contribution in [0.2, 0.25) is 0 Å². The Bertz CT molecular complexity index is 944. The molecule has 0 aliphatic carbocycles. The van der Waals surface area contributed by atoms with Gasteiger partial charge in [-0.05, 0) is 48.7 Å². The minimum Gasteiger partial charge on any atom is -0.383 e. The Kier molecular flexibility index (Phi) is 6.71. The molecule has 2 aromatic rings. The Labute approximate surface area is 169 Å². The molecule has 1 saturated heterocycles. The van der Waals surface area contributed by atoms with Crippen molar-refractivity contribution < 1.29 is 26.5 Å². The molecule has 1 heterocycles. The van der Waals surface area contributed by atoms with Crippen LogP contribution in [0.4, 0.5) is 14.9 Å². The van der Waals surface area contributed by atoms with Crippen LogP contribution in [0.5, 0.6) is 5.75 Å². The molecule has 2 amide bonds. The summed E-state index contributed by atoms with van der Waals surface area (Å²) in [5.41, 5.74) is 1.16. The van der Waals surface area contributed by atoms with Crippen molar-refractivity contribution in [3.05, 3.63) is 59.9 Å². The quantitative estimate of drug-likeness (QED) is 0.692. The zero-order chi connectivity index (χ0) is 20.9. The molecule has 3 rings (SSSR count). The SMILES string of the molecule is CS(=O)(=O)Oc1ccc(CN(C[C@H]2CCCO2)C(=O)Nc2cccc(F)c2)cc1. The molecule has 0 bridgehead atoms. The van der Waals surface area contributed by atoms with Crippen LogP contribution in [0.1, 0.15) is 18.4 Å². The lowest BCUT2D eigenvalue weighted by atomic mass is 10.2. The predicted molar refractivity (Wildman–Crippen MR) is 107 cm³/mol. The van der Waals surface area contributed by atoms with Crippen molar-refractivity contribution in [2.45, 2.75) is 25.5 Å². The van der Waals surface area contributed by atoms with E-state index in [9.17, 15) is 17.6 Å². The summed E-state index contributed by atoms with van der Waals surface area (Å²) in [6, 6.07) is 11.8. The summed E-state index contributed by atoms with van der Waals surface area (Å²) in [4.78, 5) is 14.4. The highest BCUT2D eigenvalue weighted by Crippen LogP contribution is 2.19. The van der Waals surface area contributed by atoms with Gasteiger partial charge in [0.2, 0.25) is 0 Å². The standard InChI is InChI=1S/C20H23FN2O5S/c1-29(25,26)28-18-9-7-15(8-10-18)13-23(14-19-6-3-11-27-19)20(24)22-17-5-2-4-16(21)12-17/h2,4-5,7-10,12,19H,3,6,11,13-14H2,1H3,(H,22,24)/t19-/m1/s1. The van der Waals surface area contributed by atoms with Crippen LogP contribution in [-0.2, 0) is 21.4 Å². The minimum absolute atomic E-state index is 0.0545. The molecule has 0 saturated carbocycles. The van der Waals surface area contributed by atoms with Crippen molar-refractivity contribution >= 4 is 21.8 Å². The molecule has 2 aromatic carbocycles. The second kappa shape index (κ2) is 9.23. The van der Waals surface area contributed by atoms with Crippen LogP contribution in [0.15, 0.2) is 48.5 Å². The molecule has 156 valence electrons. The second-order valence-electron chi connectivity index (χ2n) is 6.89. The number of urea groups is 1. The fraction of sp³-hybridized carbons (Fsp3) is 0.350. The van der Waals surface area contributed by atoms with Crippen LogP contribution in [-0.4, -0.2) is 44.9 Å². The van der Waals surface area contributed by atoms with Gasteiger partial charge in [0.05, 0.1) is 12.4 Å². The molecular weight excluding hydrogens is 399 g/mol. The smallest absolute Gasteiger partial charge is 0.322 e.